The van der Waals surface area contributed by atoms with Crippen LogP contribution >= 0.6 is 0 Å². The minimum Gasteiger partial charge on any atom is -0.0622 e. The average molecular weight is 278 g/mol. The molecular weight excluding hydrogens is 252 g/mol. The molecule has 1 saturated carbocycles. The van der Waals surface area contributed by atoms with Gasteiger partial charge in [0.05, 0.1) is 0 Å². The Morgan fingerprint density at radius 3 is 2.33 bits per heavy atom. The second-order valence-electron chi connectivity index (χ2n) is 6.63. The second kappa shape index (κ2) is 6.93. The molecule has 0 unspecified atom stereocenters. The molecule has 0 nitrogen and oxygen atoms in total. The first-order chi connectivity index (χ1) is 10.3. The summed E-state index contributed by atoms with van der Waals surface area (Å²) < 4.78 is 0. The fourth-order valence-corrected chi connectivity index (χ4v) is 3.62. The van der Waals surface area contributed by atoms with E-state index in [1.807, 2.05) is 0 Å². The zero-order chi connectivity index (χ0) is 14.5. The third-order valence-corrected chi connectivity index (χ3v) is 4.89. The average Bonchev–Trinajstić information content (AvgIpc) is 2.52. The van der Waals surface area contributed by atoms with Crippen molar-refractivity contribution in [2.45, 2.75) is 51.9 Å². The molecule has 2 aromatic carbocycles. The van der Waals surface area contributed by atoms with Gasteiger partial charge < -0.3 is 0 Å². The number of rotatable bonds is 4. The lowest BCUT2D eigenvalue weighted by atomic mass is 9.84. The maximum absolute atomic E-state index is 2.42. The van der Waals surface area contributed by atoms with Crippen molar-refractivity contribution in [2.75, 3.05) is 0 Å². The molecule has 21 heavy (non-hydrogen) atoms. The molecule has 0 heterocycles. The van der Waals surface area contributed by atoms with Gasteiger partial charge in [0.2, 0.25) is 0 Å². The van der Waals surface area contributed by atoms with E-state index in [1.54, 1.807) is 0 Å². The molecule has 1 aliphatic carbocycles. The van der Waals surface area contributed by atoms with Gasteiger partial charge in [0.25, 0.3) is 0 Å². The Morgan fingerprint density at radius 1 is 0.857 bits per heavy atom. The smallest absolute Gasteiger partial charge is 0.00231 e. The van der Waals surface area contributed by atoms with Crippen LogP contribution in [-0.4, -0.2) is 0 Å². The lowest BCUT2D eigenvalue weighted by molar-refractivity contribution is 0.356. The van der Waals surface area contributed by atoms with Crippen molar-refractivity contribution < 1.29 is 0 Å². The highest BCUT2D eigenvalue weighted by Crippen LogP contribution is 2.27. The molecule has 0 aliphatic heterocycles. The molecule has 1 fully saturated rings. The van der Waals surface area contributed by atoms with Crippen LogP contribution in [0.2, 0.25) is 0 Å². The van der Waals surface area contributed by atoms with Crippen molar-refractivity contribution in [2.24, 2.45) is 5.92 Å². The molecule has 0 N–H and O–H groups in total. The molecular formula is C21H26. The molecule has 1 aliphatic rings. The van der Waals surface area contributed by atoms with E-state index in [1.165, 1.54) is 60.8 Å². The van der Waals surface area contributed by atoms with Crippen LogP contribution < -0.4 is 0 Å². The van der Waals surface area contributed by atoms with Crippen LogP contribution in [0.15, 0.2) is 48.5 Å². The lowest BCUT2D eigenvalue weighted by Gasteiger charge is -2.22. The summed E-state index contributed by atoms with van der Waals surface area (Å²) in [7, 11) is 0. The van der Waals surface area contributed by atoms with E-state index in [4.69, 9.17) is 0 Å². The maximum atomic E-state index is 2.42. The van der Waals surface area contributed by atoms with E-state index in [2.05, 4.69) is 55.5 Å². The van der Waals surface area contributed by atoms with Gasteiger partial charge in [-0.25, -0.2) is 0 Å². The number of benzene rings is 2. The highest BCUT2D eigenvalue weighted by Gasteiger charge is 2.14. The Balaban J connectivity index is 1.67. The standard InChI is InChI=1S/C21H26/c1-17-14-20(15-18-8-4-2-5-9-18)12-13-21(17)16-19-10-6-3-7-11-19/h3,6-7,10-14,18H,2,4-5,8-9,15-16H2,1H3. The SMILES string of the molecule is Cc1cc(CC2CCCCC2)ccc1Cc1ccccc1. The van der Waals surface area contributed by atoms with Crippen LogP contribution in [0.3, 0.4) is 0 Å². The second-order valence-corrected chi connectivity index (χ2v) is 6.63. The Hall–Kier alpha value is -1.56. The molecule has 0 saturated heterocycles. The highest BCUT2D eigenvalue weighted by molar-refractivity contribution is 5.35. The summed E-state index contributed by atoms with van der Waals surface area (Å²) in [4.78, 5) is 0. The monoisotopic (exact) mass is 278 g/mol. The lowest BCUT2D eigenvalue weighted by Crippen LogP contribution is -2.09. The molecule has 0 radical (unpaired) electrons. The maximum Gasteiger partial charge on any atom is -0.00231 e. The summed E-state index contributed by atoms with van der Waals surface area (Å²) in [5.41, 5.74) is 5.86. The normalized spacial score (nSPS) is 16.0. The molecule has 0 heteroatoms. The van der Waals surface area contributed by atoms with E-state index in [-0.39, 0.29) is 0 Å². The van der Waals surface area contributed by atoms with E-state index in [0.717, 1.165) is 12.3 Å². The zero-order valence-corrected chi connectivity index (χ0v) is 13.1. The number of aryl methyl sites for hydroxylation is 1. The van der Waals surface area contributed by atoms with Crippen molar-refractivity contribution in [3.05, 3.63) is 70.8 Å². The number of hydrogen-bond acceptors (Lipinski definition) is 0. The molecule has 0 aromatic heterocycles. The molecule has 0 atom stereocenters. The van der Waals surface area contributed by atoms with Crippen LogP contribution in [0.4, 0.5) is 0 Å². The van der Waals surface area contributed by atoms with E-state index < -0.39 is 0 Å². The topological polar surface area (TPSA) is 0 Å². The third-order valence-electron chi connectivity index (χ3n) is 4.89. The first-order valence-electron chi connectivity index (χ1n) is 8.43. The van der Waals surface area contributed by atoms with Crippen LogP contribution in [-0.2, 0) is 12.8 Å². The summed E-state index contributed by atoms with van der Waals surface area (Å²) >= 11 is 0. The van der Waals surface area contributed by atoms with E-state index in [9.17, 15) is 0 Å². The van der Waals surface area contributed by atoms with Gasteiger partial charge in [-0.3, -0.25) is 0 Å². The van der Waals surface area contributed by atoms with Crippen LogP contribution in [0.1, 0.15) is 54.4 Å². The highest BCUT2D eigenvalue weighted by atomic mass is 14.2. The Bertz CT molecular complexity index is 562. The van der Waals surface area contributed by atoms with Gasteiger partial charge in [-0.15, -0.1) is 0 Å². The van der Waals surface area contributed by atoms with Crippen molar-refractivity contribution >= 4 is 0 Å². The quantitative estimate of drug-likeness (QED) is 0.672. The third kappa shape index (κ3) is 3.97. The van der Waals surface area contributed by atoms with E-state index in [0.29, 0.717) is 0 Å². The van der Waals surface area contributed by atoms with Gasteiger partial charge in [0.15, 0.2) is 0 Å². The van der Waals surface area contributed by atoms with Crippen molar-refractivity contribution in [3.63, 3.8) is 0 Å². The Morgan fingerprint density at radius 2 is 1.62 bits per heavy atom. The predicted octanol–water partition coefficient (Wildman–Crippen LogP) is 5.71. The molecule has 0 bridgehead atoms. The summed E-state index contributed by atoms with van der Waals surface area (Å²) in [5, 5.41) is 0. The van der Waals surface area contributed by atoms with Gasteiger partial charge in [-0.05, 0) is 47.9 Å². The van der Waals surface area contributed by atoms with Gasteiger partial charge in [-0.1, -0.05) is 80.6 Å². The van der Waals surface area contributed by atoms with Crippen LogP contribution in [0, 0.1) is 12.8 Å². The van der Waals surface area contributed by atoms with Crippen molar-refractivity contribution in [3.8, 4) is 0 Å². The molecule has 2 aromatic rings. The van der Waals surface area contributed by atoms with Gasteiger partial charge in [0.1, 0.15) is 0 Å². The summed E-state index contributed by atoms with van der Waals surface area (Å²) in [5.74, 6) is 0.929. The largest absolute Gasteiger partial charge is 0.0622 e. The minimum absolute atomic E-state index is 0.929. The van der Waals surface area contributed by atoms with Crippen LogP contribution in [0.5, 0.6) is 0 Å². The molecule has 110 valence electrons. The van der Waals surface area contributed by atoms with Gasteiger partial charge in [0, 0.05) is 0 Å². The first kappa shape index (κ1) is 14.4. The minimum atomic E-state index is 0.929. The van der Waals surface area contributed by atoms with E-state index >= 15 is 0 Å². The molecule has 0 amide bonds. The fraction of sp³-hybridized carbons (Fsp3) is 0.429. The number of hydrogen-bond donors (Lipinski definition) is 0. The Kier molecular flexibility index (Phi) is 4.75. The molecule has 0 spiro atoms. The van der Waals surface area contributed by atoms with Gasteiger partial charge in [-0.2, -0.15) is 0 Å². The van der Waals surface area contributed by atoms with Crippen molar-refractivity contribution in [1.29, 1.82) is 0 Å². The van der Waals surface area contributed by atoms with Crippen molar-refractivity contribution in [1.82, 2.24) is 0 Å². The summed E-state index contributed by atoms with van der Waals surface area (Å²) in [6.45, 7) is 2.27. The predicted molar refractivity (Wildman–Crippen MR) is 90.7 cm³/mol. The zero-order valence-electron chi connectivity index (χ0n) is 13.1. The summed E-state index contributed by atoms with van der Waals surface area (Å²) in [6, 6.07) is 17.9. The van der Waals surface area contributed by atoms with Gasteiger partial charge >= 0.3 is 0 Å². The summed E-state index contributed by atoms with van der Waals surface area (Å²) in [6.07, 6.45) is 9.54. The fourth-order valence-electron chi connectivity index (χ4n) is 3.62. The Labute approximate surface area is 129 Å². The van der Waals surface area contributed by atoms with Crippen LogP contribution in [0.25, 0.3) is 0 Å². The molecule has 3 rings (SSSR count). The first-order valence-corrected chi connectivity index (χ1v) is 8.43.